The number of carbonyl (C=O) groups excluding carboxylic acids is 2. The van der Waals surface area contributed by atoms with Gasteiger partial charge in [0.1, 0.15) is 5.82 Å². The number of urea groups is 1. The molecular weight excluding hydrogens is 378 g/mol. The van der Waals surface area contributed by atoms with Crippen molar-refractivity contribution in [2.45, 2.75) is 19.1 Å². The number of carbonyl (C=O) groups is 2. The van der Waals surface area contributed by atoms with E-state index in [4.69, 9.17) is 0 Å². The quantitative estimate of drug-likeness (QED) is 0.687. The molecule has 146 valence electrons. The molecule has 1 heterocycles. The van der Waals surface area contributed by atoms with Crippen LogP contribution in [0.2, 0.25) is 0 Å². The highest BCUT2D eigenvalue weighted by atomic mass is 19.4. The Labute approximate surface area is 157 Å². The molecule has 28 heavy (non-hydrogen) atoms. The van der Waals surface area contributed by atoms with Gasteiger partial charge in [0.05, 0.1) is 17.2 Å². The van der Waals surface area contributed by atoms with Gasteiger partial charge in [0.25, 0.3) is 5.91 Å². The summed E-state index contributed by atoms with van der Waals surface area (Å²) in [5.74, 6) is -1.28. The van der Waals surface area contributed by atoms with Crippen molar-refractivity contribution in [3.63, 3.8) is 0 Å². The molecule has 9 heteroatoms. The van der Waals surface area contributed by atoms with Gasteiger partial charge in [-0.3, -0.25) is 4.79 Å². The van der Waals surface area contributed by atoms with Gasteiger partial charge in [-0.1, -0.05) is 18.2 Å². The van der Waals surface area contributed by atoms with Gasteiger partial charge in [-0.25, -0.2) is 9.18 Å². The van der Waals surface area contributed by atoms with Crippen LogP contribution in [0.25, 0.3) is 0 Å². The Hall–Kier alpha value is -3.36. The van der Waals surface area contributed by atoms with E-state index in [1.807, 2.05) is 0 Å². The third kappa shape index (κ3) is 4.13. The molecule has 0 radical (unpaired) electrons. The van der Waals surface area contributed by atoms with Crippen molar-refractivity contribution in [3.05, 3.63) is 76.7 Å². The summed E-state index contributed by atoms with van der Waals surface area (Å²) in [6, 6.07) is 7.97. The first-order chi connectivity index (χ1) is 13.1. The zero-order chi connectivity index (χ0) is 20.5. The third-order valence-corrected chi connectivity index (χ3v) is 4.14. The summed E-state index contributed by atoms with van der Waals surface area (Å²) in [6.45, 7) is 1.48. The number of anilines is 1. The van der Waals surface area contributed by atoms with Crippen LogP contribution in [0.3, 0.4) is 0 Å². The Morgan fingerprint density at radius 3 is 2.50 bits per heavy atom. The van der Waals surface area contributed by atoms with Crippen LogP contribution >= 0.6 is 0 Å². The number of allylic oxidation sites excluding steroid dienone is 1. The average Bonchev–Trinajstić information content (AvgIpc) is 2.60. The smallest absolute Gasteiger partial charge is 0.327 e. The molecule has 0 fully saturated rings. The Bertz CT molecular complexity index is 970. The fourth-order valence-electron chi connectivity index (χ4n) is 2.90. The molecule has 3 N–H and O–H groups in total. The Kier molecular flexibility index (Phi) is 5.08. The van der Waals surface area contributed by atoms with E-state index in [0.717, 1.165) is 12.1 Å². The Balaban J connectivity index is 1.94. The third-order valence-electron chi connectivity index (χ3n) is 4.14. The predicted molar refractivity (Wildman–Crippen MR) is 93.6 cm³/mol. The van der Waals surface area contributed by atoms with Crippen molar-refractivity contribution in [2.24, 2.45) is 0 Å². The second-order valence-corrected chi connectivity index (χ2v) is 6.16. The monoisotopic (exact) mass is 393 g/mol. The lowest BCUT2D eigenvalue weighted by Crippen LogP contribution is -2.46. The van der Waals surface area contributed by atoms with Crippen LogP contribution < -0.4 is 16.0 Å². The van der Waals surface area contributed by atoms with Gasteiger partial charge >= 0.3 is 12.2 Å². The summed E-state index contributed by atoms with van der Waals surface area (Å²) >= 11 is 0. The Morgan fingerprint density at radius 2 is 1.82 bits per heavy atom. The molecule has 2 aromatic carbocycles. The predicted octanol–water partition coefficient (Wildman–Crippen LogP) is 4.11. The maximum absolute atomic E-state index is 13.6. The van der Waals surface area contributed by atoms with Gasteiger partial charge in [0.15, 0.2) is 0 Å². The van der Waals surface area contributed by atoms with E-state index in [9.17, 15) is 27.2 Å². The highest BCUT2D eigenvalue weighted by molar-refractivity contribution is 6.06. The van der Waals surface area contributed by atoms with E-state index in [-0.39, 0.29) is 17.0 Å². The lowest BCUT2D eigenvalue weighted by atomic mass is 9.94. The highest BCUT2D eigenvalue weighted by Crippen LogP contribution is 2.32. The molecule has 0 spiro atoms. The molecule has 5 nitrogen and oxygen atoms in total. The number of alkyl halides is 3. The topological polar surface area (TPSA) is 70.2 Å². The number of hydrogen-bond acceptors (Lipinski definition) is 2. The first-order valence-electron chi connectivity index (χ1n) is 8.17. The molecule has 0 aliphatic carbocycles. The van der Waals surface area contributed by atoms with Crippen molar-refractivity contribution in [2.75, 3.05) is 5.32 Å². The zero-order valence-electron chi connectivity index (χ0n) is 14.5. The second kappa shape index (κ2) is 7.34. The van der Waals surface area contributed by atoms with E-state index in [0.29, 0.717) is 5.56 Å². The first-order valence-corrected chi connectivity index (χ1v) is 8.17. The molecule has 3 rings (SSSR count). The minimum Gasteiger partial charge on any atom is -0.327 e. The van der Waals surface area contributed by atoms with Gasteiger partial charge in [-0.15, -0.1) is 0 Å². The van der Waals surface area contributed by atoms with Gasteiger partial charge in [-0.05, 0) is 42.8 Å². The molecule has 1 atom stereocenters. The number of hydrogen-bond donors (Lipinski definition) is 3. The molecule has 0 aromatic heterocycles. The molecule has 0 saturated heterocycles. The van der Waals surface area contributed by atoms with Crippen LogP contribution in [0, 0.1) is 5.82 Å². The standard InChI is InChI=1S/C19H15F4N3O2/c1-10-15(16(26-18(28)24-10)11-4-2-6-13(20)8-11)17(27)25-14-7-3-5-12(9-14)19(21,22)23/h2-9,16H,1H3,(H,25,27)(H2,24,26,28)/t16-/m1/s1. The minimum absolute atomic E-state index is 0.0580. The first kappa shape index (κ1) is 19.4. The molecule has 0 bridgehead atoms. The van der Waals surface area contributed by atoms with Gasteiger partial charge in [0, 0.05) is 11.4 Å². The summed E-state index contributed by atoms with van der Waals surface area (Å²) in [7, 11) is 0. The largest absolute Gasteiger partial charge is 0.416 e. The maximum Gasteiger partial charge on any atom is 0.416 e. The average molecular weight is 393 g/mol. The van der Waals surface area contributed by atoms with Crippen molar-refractivity contribution in [3.8, 4) is 0 Å². The van der Waals surface area contributed by atoms with Gasteiger partial charge < -0.3 is 16.0 Å². The lowest BCUT2D eigenvalue weighted by molar-refractivity contribution is -0.137. The highest BCUT2D eigenvalue weighted by Gasteiger charge is 2.33. The van der Waals surface area contributed by atoms with Crippen molar-refractivity contribution in [1.29, 1.82) is 0 Å². The Morgan fingerprint density at radius 1 is 1.11 bits per heavy atom. The second-order valence-electron chi connectivity index (χ2n) is 6.16. The van der Waals surface area contributed by atoms with Crippen LogP contribution in [0.4, 0.5) is 28.0 Å². The molecule has 0 saturated carbocycles. The minimum atomic E-state index is -4.56. The van der Waals surface area contributed by atoms with Crippen LogP contribution in [0.5, 0.6) is 0 Å². The summed E-state index contributed by atoms with van der Waals surface area (Å²) in [4.78, 5) is 24.6. The molecule has 3 amide bonds. The fraction of sp³-hybridized carbons (Fsp3) is 0.158. The fourth-order valence-corrected chi connectivity index (χ4v) is 2.90. The van der Waals surface area contributed by atoms with Crippen LogP contribution in [0.15, 0.2) is 59.8 Å². The molecule has 2 aromatic rings. The van der Waals surface area contributed by atoms with Crippen LogP contribution in [-0.4, -0.2) is 11.9 Å². The number of amides is 3. The van der Waals surface area contributed by atoms with Crippen molar-refractivity contribution in [1.82, 2.24) is 10.6 Å². The normalized spacial score (nSPS) is 17.0. The number of halogens is 4. The van der Waals surface area contributed by atoms with Gasteiger partial charge in [0.2, 0.25) is 0 Å². The van der Waals surface area contributed by atoms with E-state index in [1.165, 1.54) is 43.3 Å². The van der Waals surface area contributed by atoms with E-state index >= 15 is 0 Å². The summed E-state index contributed by atoms with van der Waals surface area (Å²) in [5.41, 5.74) is -0.378. The van der Waals surface area contributed by atoms with Gasteiger partial charge in [-0.2, -0.15) is 13.2 Å². The summed E-state index contributed by atoms with van der Waals surface area (Å²) in [6.07, 6.45) is -4.56. The van der Waals surface area contributed by atoms with Crippen molar-refractivity contribution < 1.29 is 27.2 Å². The molecular formula is C19H15F4N3O2. The van der Waals surface area contributed by atoms with E-state index in [1.54, 1.807) is 0 Å². The number of rotatable bonds is 3. The van der Waals surface area contributed by atoms with E-state index < -0.39 is 35.5 Å². The summed E-state index contributed by atoms with van der Waals surface area (Å²) in [5, 5.41) is 7.37. The van der Waals surface area contributed by atoms with Crippen molar-refractivity contribution >= 4 is 17.6 Å². The SMILES string of the molecule is CC1=C(C(=O)Nc2cccc(C(F)(F)F)c2)[C@@H](c2cccc(F)c2)NC(=O)N1. The lowest BCUT2D eigenvalue weighted by Gasteiger charge is -2.28. The zero-order valence-corrected chi connectivity index (χ0v) is 14.5. The maximum atomic E-state index is 13.6. The van der Waals surface area contributed by atoms with Crippen LogP contribution in [-0.2, 0) is 11.0 Å². The molecule has 0 unspecified atom stereocenters. The van der Waals surface area contributed by atoms with E-state index in [2.05, 4.69) is 16.0 Å². The number of nitrogens with one attached hydrogen (secondary N) is 3. The molecule has 1 aliphatic rings. The summed E-state index contributed by atoms with van der Waals surface area (Å²) < 4.78 is 52.2. The van der Waals surface area contributed by atoms with Crippen LogP contribution in [0.1, 0.15) is 24.1 Å². The number of benzene rings is 2. The molecule has 1 aliphatic heterocycles.